The van der Waals surface area contributed by atoms with E-state index in [0.29, 0.717) is 17.8 Å². The normalized spacial score (nSPS) is 22.1. The molecule has 2 N–H and O–H groups in total. The van der Waals surface area contributed by atoms with Crippen LogP contribution in [0.4, 0.5) is 5.82 Å². The zero-order chi connectivity index (χ0) is 12.3. The Kier molecular flexibility index (Phi) is 3.06. The summed E-state index contributed by atoms with van der Waals surface area (Å²) in [6, 6.07) is 5.35. The summed E-state index contributed by atoms with van der Waals surface area (Å²) in [5.41, 5.74) is 0.501. The smallest absolute Gasteiger partial charge is 0.310 e. The fourth-order valence-electron chi connectivity index (χ4n) is 1.72. The predicted molar refractivity (Wildman–Crippen MR) is 61.2 cm³/mol. The number of nitrogens with one attached hydrogen (secondary N) is 1. The second-order valence-electron chi connectivity index (χ2n) is 3.86. The van der Waals surface area contributed by atoms with Crippen LogP contribution in [0.25, 0.3) is 0 Å². The van der Waals surface area contributed by atoms with Crippen LogP contribution in [0.1, 0.15) is 12.0 Å². The number of carboxylic acids is 1. The lowest BCUT2D eigenvalue weighted by Crippen LogP contribution is -2.19. The molecule has 2 atom stereocenters. The van der Waals surface area contributed by atoms with Gasteiger partial charge in [0.25, 0.3) is 0 Å². The minimum Gasteiger partial charge on any atom is -0.481 e. The van der Waals surface area contributed by atoms with Gasteiger partial charge >= 0.3 is 5.97 Å². The van der Waals surface area contributed by atoms with Gasteiger partial charge in [-0.05, 0) is 18.6 Å². The Morgan fingerprint density at radius 3 is 2.88 bits per heavy atom. The van der Waals surface area contributed by atoms with Gasteiger partial charge in [0, 0.05) is 12.2 Å². The predicted octanol–water partition coefficient (Wildman–Crippen LogP) is 1.39. The lowest BCUT2D eigenvalue weighted by atomic mass is 10.1. The van der Waals surface area contributed by atoms with Gasteiger partial charge in [-0.15, -0.1) is 0 Å². The lowest BCUT2D eigenvalue weighted by Gasteiger charge is -2.12. The molecule has 0 aromatic carbocycles. The van der Waals surface area contributed by atoms with Gasteiger partial charge in [-0.1, -0.05) is 12.2 Å². The highest BCUT2D eigenvalue weighted by atomic mass is 16.4. The van der Waals surface area contributed by atoms with Gasteiger partial charge in [-0.2, -0.15) is 5.26 Å². The van der Waals surface area contributed by atoms with Crippen molar-refractivity contribution in [1.82, 2.24) is 4.98 Å². The number of nitrogens with zero attached hydrogens (tertiary/aromatic N) is 2. The molecule has 5 nitrogen and oxygen atoms in total. The highest BCUT2D eigenvalue weighted by Gasteiger charge is 2.24. The van der Waals surface area contributed by atoms with E-state index in [1.807, 2.05) is 12.1 Å². The molecule has 0 amide bonds. The third-order valence-electron chi connectivity index (χ3n) is 2.63. The van der Waals surface area contributed by atoms with Gasteiger partial charge in [-0.3, -0.25) is 4.79 Å². The van der Waals surface area contributed by atoms with Crippen molar-refractivity contribution >= 4 is 11.8 Å². The summed E-state index contributed by atoms with van der Waals surface area (Å²) in [4.78, 5) is 14.8. The van der Waals surface area contributed by atoms with E-state index < -0.39 is 11.9 Å². The first kappa shape index (κ1) is 11.1. The third kappa shape index (κ3) is 2.61. The molecular formula is C12H11N3O2. The molecule has 0 radical (unpaired) electrons. The highest BCUT2D eigenvalue weighted by Crippen LogP contribution is 2.20. The molecule has 1 heterocycles. The zero-order valence-electron chi connectivity index (χ0n) is 9.00. The van der Waals surface area contributed by atoms with Gasteiger partial charge < -0.3 is 10.4 Å². The van der Waals surface area contributed by atoms with Crippen LogP contribution in [-0.2, 0) is 4.79 Å². The molecule has 2 rings (SSSR count). The number of aliphatic carboxylic acids is 1. The van der Waals surface area contributed by atoms with Crippen molar-refractivity contribution < 1.29 is 9.90 Å². The maximum atomic E-state index is 10.8. The highest BCUT2D eigenvalue weighted by molar-refractivity contribution is 5.73. The molecule has 1 aromatic heterocycles. The van der Waals surface area contributed by atoms with Crippen molar-refractivity contribution in [3.8, 4) is 6.07 Å². The number of hydrogen-bond donors (Lipinski definition) is 2. The summed E-state index contributed by atoms with van der Waals surface area (Å²) in [5, 5.41) is 20.6. The molecule has 1 aliphatic carbocycles. The van der Waals surface area contributed by atoms with Crippen molar-refractivity contribution in [1.29, 1.82) is 5.26 Å². The fraction of sp³-hybridized carbons (Fsp3) is 0.250. The summed E-state index contributed by atoms with van der Waals surface area (Å²) < 4.78 is 0. The maximum Gasteiger partial charge on any atom is 0.310 e. The number of aromatic nitrogens is 1. The number of carboxylic acid groups (broad SMARTS) is 1. The molecule has 17 heavy (non-hydrogen) atoms. The molecule has 2 unspecified atom stereocenters. The molecule has 0 fully saturated rings. The van der Waals surface area contributed by atoms with Gasteiger partial charge in [0.2, 0.25) is 0 Å². The van der Waals surface area contributed by atoms with Gasteiger partial charge in [0.05, 0.1) is 11.5 Å². The number of anilines is 1. The molecule has 0 saturated carbocycles. The number of rotatable bonds is 3. The monoisotopic (exact) mass is 229 g/mol. The van der Waals surface area contributed by atoms with Gasteiger partial charge in [0.1, 0.15) is 11.9 Å². The minimum atomic E-state index is -0.807. The summed E-state index contributed by atoms with van der Waals surface area (Å²) in [6.45, 7) is 0. The van der Waals surface area contributed by atoms with E-state index in [9.17, 15) is 4.79 Å². The first-order chi connectivity index (χ1) is 8.19. The van der Waals surface area contributed by atoms with Crippen molar-refractivity contribution in [2.45, 2.75) is 12.5 Å². The van der Waals surface area contributed by atoms with E-state index in [0.717, 1.165) is 0 Å². The molecule has 0 saturated heterocycles. The molecule has 5 heteroatoms. The van der Waals surface area contributed by atoms with Crippen LogP contribution >= 0.6 is 0 Å². The van der Waals surface area contributed by atoms with Gasteiger partial charge in [0.15, 0.2) is 0 Å². The van der Waals surface area contributed by atoms with Gasteiger partial charge in [-0.25, -0.2) is 4.98 Å². The molecular weight excluding hydrogens is 218 g/mol. The van der Waals surface area contributed by atoms with Crippen LogP contribution in [-0.4, -0.2) is 22.1 Å². The van der Waals surface area contributed by atoms with E-state index in [1.54, 1.807) is 18.2 Å². The molecule has 86 valence electrons. The van der Waals surface area contributed by atoms with Crippen molar-refractivity contribution in [2.24, 2.45) is 5.92 Å². The number of nitriles is 1. The summed E-state index contributed by atoms with van der Waals surface area (Å²) in [7, 11) is 0. The van der Waals surface area contributed by atoms with Crippen LogP contribution in [0.15, 0.2) is 30.5 Å². The second-order valence-corrected chi connectivity index (χ2v) is 3.86. The molecule has 0 spiro atoms. The molecule has 1 aromatic rings. The fourth-order valence-corrected chi connectivity index (χ4v) is 1.72. The van der Waals surface area contributed by atoms with Crippen LogP contribution < -0.4 is 5.32 Å². The Labute approximate surface area is 98.4 Å². The second kappa shape index (κ2) is 4.66. The standard InChI is InChI=1S/C12H11N3O2/c13-6-8-1-4-11(14-7-8)15-10-3-2-9(5-10)12(16)17/h1-4,7,9-10H,5H2,(H,14,15)(H,16,17). The van der Waals surface area contributed by atoms with Crippen LogP contribution in [0, 0.1) is 17.2 Å². The molecule has 0 bridgehead atoms. The molecule has 0 aliphatic heterocycles. The van der Waals surface area contributed by atoms with Crippen molar-refractivity contribution in [3.05, 3.63) is 36.0 Å². The zero-order valence-corrected chi connectivity index (χ0v) is 9.00. The quantitative estimate of drug-likeness (QED) is 0.765. The number of carbonyl (C=O) groups is 1. The topological polar surface area (TPSA) is 86.0 Å². The summed E-state index contributed by atoms with van der Waals surface area (Å²) >= 11 is 0. The average molecular weight is 229 g/mol. The van der Waals surface area contributed by atoms with E-state index in [1.165, 1.54) is 6.20 Å². The van der Waals surface area contributed by atoms with Crippen LogP contribution in [0.3, 0.4) is 0 Å². The minimum absolute atomic E-state index is 0.0171. The number of hydrogen-bond acceptors (Lipinski definition) is 4. The summed E-state index contributed by atoms with van der Waals surface area (Å²) in [6.07, 6.45) is 5.52. The third-order valence-corrected chi connectivity index (χ3v) is 2.63. The average Bonchev–Trinajstić information content (AvgIpc) is 2.79. The Morgan fingerprint density at radius 1 is 1.53 bits per heavy atom. The van der Waals surface area contributed by atoms with E-state index >= 15 is 0 Å². The van der Waals surface area contributed by atoms with Crippen molar-refractivity contribution in [2.75, 3.05) is 5.32 Å². The first-order valence-corrected chi connectivity index (χ1v) is 5.23. The Hall–Kier alpha value is -2.35. The Bertz CT molecular complexity index is 487. The first-order valence-electron chi connectivity index (χ1n) is 5.23. The lowest BCUT2D eigenvalue weighted by molar-refractivity contribution is -0.140. The SMILES string of the molecule is N#Cc1ccc(NC2C=CC(C(=O)O)C2)nc1. The maximum absolute atomic E-state index is 10.8. The van der Waals surface area contributed by atoms with Crippen LogP contribution in [0.5, 0.6) is 0 Å². The van der Waals surface area contributed by atoms with E-state index in [2.05, 4.69) is 10.3 Å². The Morgan fingerprint density at radius 2 is 2.35 bits per heavy atom. The van der Waals surface area contributed by atoms with Crippen LogP contribution in [0.2, 0.25) is 0 Å². The number of pyridine rings is 1. The Balaban J connectivity index is 1.97. The van der Waals surface area contributed by atoms with E-state index in [-0.39, 0.29) is 6.04 Å². The summed E-state index contributed by atoms with van der Waals surface area (Å²) in [5.74, 6) is -0.589. The largest absolute Gasteiger partial charge is 0.481 e. The molecule has 1 aliphatic rings. The van der Waals surface area contributed by atoms with Crippen molar-refractivity contribution in [3.63, 3.8) is 0 Å². The van der Waals surface area contributed by atoms with E-state index in [4.69, 9.17) is 10.4 Å².